The first-order chi connectivity index (χ1) is 28.8. The number of hydrogen-bond acceptors (Lipinski definition) is 12. The van der Waals surface area contributed by atoms with Gasteiger partial charge in [-0.2, -0.15) is 34.9 Å². The van der Waals surface area contributed by atoms with Gasteiger partial charge in [-0.25, -0.2) is 9.97 Å². The third-order valence-corrected chi connectivity index (χ3v) is 12.8. The number of thioether (sulfide) groups is 1. The molecule has 0 bridgehead atoms. The zero-order valence-corrected chi connectivity index (χ0v) is 35.0. The van der Waals surface area contributed by atoms with E-state index in [1.165, 1.54) is 19.1 Å². The van der Waals surface area contributed by atoms with E-state index in [9.17, 15) is 0 Å². The molecule has 0 atom stereocenters. The average Bonchev–Trinajstić information content (AvgIpc) is 3.40. The number of hydrogen-bond donors (Lipinski definition) is 1. The first-order valence-corrected chi connectivity index (χ1v) is 20.8. The standard InChI is InChI=1S/C44H43ClF3N7O4S/c1-26-18-34(55(20-27-7-11-30(56-3)12-8-27)21-28-9-13-31(57-4)14-10-28)52-38(36(26)44(46,47)48)32-19-33-35-39(37(32)45)58-17-16-54(22-29-6-5-15-50-40(29)49)41(35)53-42(51-33)59-23-43(2)24-60-25-43/h5-15,18-19H,16-17,20-25H2,1-4H3,(H2,49,50). The zero-order valence-electron chi connectivity index (χ0n) is 33.5. The molecule has 1 saturated heterocycles. The molecule has 5 heterocycles. The molecule has 60 heavy (non-hydrogen) atoms. The number of benzene rings is 3. The van der Waals surface area contributed by atoms with Crippen molar-refractivity contribution in [2.75, 3.05) is 61.0 Å². The summed E-state index contributed by atoms with van der Waals surface area (Å²) in [6, 6.07) is 21.8. The average molecular weight is 858 g/mol. The lowest BCUT2D eigenvalue weighted by Gasteiger charge is -2.36. The van der Waals surface area contributed by atoms with Crippen LogP contribution in [0.25, 0.3) is 22.2 Å². The lowest BCUT2D eigenvalue weighted by Crippen LogP contribution is -2.38. The van der Waals surface area contributed by atoms with Gasteiger partial charge in [0.15, 0.2) is 5.75 Å². The van der Waals surface area contributed by atoms with Gasteiger partial charge in [-0.15, -0.1) is 0 Å². The van der Waals surface area contributed by atoms with E-state index in [1.54, 1.807) is 26.5 Å². The van der Waals surface area contributed by atoms with Crippen LogP contribution in [0.3, 0.4) is 0 Å². The molecule has 3 aromatic carbocycles. The molecule has 6 aromatic rings. The number of halogens is 4. The number of nitrogens with zero attached hydrogens (tertiary/aromatic N) is 6. The summed E-state index contributed by atoms with van der Waals surface area (Å²) in [4.78, 5) is 22.7. The molecule has 2 aliphatic heterocycles. The molecule has 8 rings (SSSR count). The fourth-order valence-electron chi connectivity index (χ4n) is 7.37. The molecule has 2 N–H and O–H groups in total. The number of ether oxygens (including phenoxy) is 4. The van der Waals surface area contributed by atoms with Gasteiger partial charge >= 0.3 is 12.2 Å². The first-order valence-electron chi connectivity index (χ1n) is 19.2. The number of pyridine rings is 2. The summed E-state index contributed by atoms with van der Waals surface area (Å²) in [5.41, 5.74) is 7.75. The Morgan fingerprint density at radius 3 is 2.20 bits per heavy atom. The van der Waals surface area contributed by atoms with Gasteiger partial charge in [-0.05, 0) is 66.1 Å². The van der Waals surface area contributed by atoms with E-state index < -0.39 is 11.7 Å². The van der Waals surface area contributed by atoms with E-state index in [0.717, 1.165) is 28.2 Å². The smallest absolute Gasteiger partial charge is 0.418 e. The molecule has 0 radical (unpaired) electrons. The fraction of sp³-hybridized carbons (Fsp3) is 0.318. The van der Waals surface area contributed by atoms with E-state index in [1.807, 2.05) is 76.2 Å². The molecule has 16 heteroatoms. The van der Waals surface area contributed by atoms with Crippen LogP contribution in [0.1, 0.15) is 34.7 Å². The van der Waals surface area contributed by atoms with Crippen LogP contribution in [-0.2, 0) is 25.8 Å². The number of anilines is 3. The Balaban J connectivity index is 1.30. The van der Waals surface area contributed by atoms with Crippen LogP contribution in [0.4, 0.5) is 30.6 Å². The Hall–Kier alpha value is -5.67. The number of rotatable bonds is 13. The van der Waals surface area contributed by atoms with E-state index in [2.05, 4.69) is 11.9 Å². The monoisotopic (exact) mass is 857 g/mol. The van der Waals surface area contributed by atoms with E-state index >= 15 is 13.2 Å². The van der Waals surface area contributed by atoms with Gasteiger partial charge in [0.2, 0.25) is 0 Å². The van der Waals surface area contributed by atoms with Gasteiger partial charge in [-0.1, -0.05) is 48.9 Å². The maximum Gasteiger partial charge on any atom is 0.418 e. The lowest BCUT2D eigenvalue weighted by molar-refractivity contribution is -0.137. The molecular formula is C44H43ClF3N7O4S. The second kappa shape index (κ2) is 16.8. The summed E-state index contributed by atoms with van der Waals surface area (Å²) in [5, 5.41) is 0.387. The van der Waals surface area contributed by atoms with Gasteiger partial charge < -0.3 is 34.5 Å². The summed E-state index contributed by atoms with van der Waals surface area (Å²) < 4.78 is 69.3. The molecule has 3 aromatic heterocycles. The van der Waals surface area contributed by atoms with Gasteiger partial charge in [0.05, 0.1) is 54.6 Å². The highest BCUT2D eigenvalue weighted by atomic mass is 35.5. The van der Waals surface area contributed by atoms with Crippen molar-refractivity contribution in [3.05, 3.63) is 112 Å². The van der Waals surface area contributed by atoms with Crippen LogP contribution < -0.4 is 34.5 Å². The van der Waals surface area contributed by atoms with Crippen LogP contribution >= 0.6 is 23.4 Å². The number of nitrogen functional groups attached to an aromatic ring is 1. The predicted molar refractivity (Wildman–Crippen MR) is 230 cm³/mol. The second-order valence-corrected chi connectivity index (χ2v) is 16.6. The molecule has 0 spiro atoms. The van der Waals surface area contributed by atoms with Crippen molar-refractivity contribution in [2.24, 2.45) is 5.41 Å². The highest BCUT2D eigenvalue weighted by Crippen LogP contribution is 2.49. The second-order valence-electron chi connectivity index (χ2n) is 15.3. The molecule has 0 unspecified atom stereocenters. The summed E-state index contributed by atoms with van der Waals surface area (Å²) in [5.74, 6) is 4.49. The molecule has 0 amide bonds. The molecule has 0 aliphatic carbocycles. The van der Waals surface area contributed by atoms with Crippen LogP contribution in [0, 0.1) is 12.3 Å². The number of aryl methyl sites for hydroxylation is 1. The van der Waals surface area contributed by atoms with Crippen LogP contribution in [0.15, 0.2) is 79.0 Å². The predicted octanol–water partition coefficient (Wildman–Crippen LogP) is 9.40. The Bertz CT molecular complexity index is 2480. The lowest BCUT2D eigenvalue weighted by atomic mass is 9.97. The Labute approximate surface area is 355 Å². The van der Waals surface area contributed by atoms with E-state index in [-0.39, 0.29) is 51.1 Å². The quantitative estimate of drug-likeness (QED) is 0.119. The SMILES string of the molecule is COc1ccc(CN(Cc2ccc(OC)cc2)c2cc(C)c(C(F)(F)F)c(-c3cc4nc(OCC5(C)CSC5)nc5c4c(c3Cl)OCCN5Cc3cccnc3N)n2)cc1. The molecule has 1 fully saturated rings. The van der Waals surface area contributed by atoms with Crippen molar-refractivity contribution in [1.29, 1.82) is 0 Å². The van der Waals surface area contributed by atoms with Crippen molar-refractivity contribution in [3.8, 4) is 34.5 Å². The minimum absolute atomic E-state index is 0.00759. The zero-order chi connectivity index (χ0) is 42.2. The molecule has 2 aliphatic rings. The maximum absolute atomic E-state index is 15.3. The number of alkyl halides is 3. The summed E-state index contributed by atoms with van der Waals surface area (Å²) in [6.07, 6.45) is -3.18. The molecule has 312 valence electrons. The molecule has 11 nitrogen and oxygen atoms in total. The number of aromatic nitrogens is 4. The Morgan fingerprint density at radius 2 is 1.62 bits per heavy atom. The van der Waals surface area contributed by atoms with E-state index in [4.69, 9.17) is 51.2 Å². The van der Waals surface area contributed by atoms with Crippen molar-refractivity contribution in [2.45, 2.75) is 39.7 Å². The highest BCUT2D eigenvalue weighted by Gasteiger charge is 2.39. The Morgan fingerprint density at radius 1 is 0.950 bits per heavy atom. The fourth-order valence-corrected chi connectivity index (χ4v) is 8.73. The van der Waals surface area contributed by atoms with Crippen LogP contribution in [0.2, 0.25) is 5.02 Å². The summed E-state index contributed by atoms with van der Waals surface area (Å²) in [6.45, 7) is 5.37. The Kier molecular flexibility index (Phi) is 11.5. The van der Waals surface area contributed by atoms with Gasteiger partial charge in [-0.3, -0.25) is 0 Å². The topological polar surface area (TPSA) is 121 Å². The minimum Gasteiger partial charge on any atom is -0.497 e. The summed E-state index contributed by atoms with van der Waals surface area (Å²) in [7, 11) is 3.18. The van der Waals surface area contributed by atoms with Crippen molar-refractivity contribution in [3.63, 3.8) is 0 Å². The van der Waals surface area contributed by atoms with Gasteiger partial charge in [0.1, 0.15) is 35.6 Å². The molecule has 0 saturated carbocycles. The van der Waals surface area contributed by atoms with Crippen LogP contribution in [-0.4, -0.2) is 65.4 Å². The minimum atomic E-state index is -4.79. The number of nitrogens with two attached hydrogens (primary N) is 1. The van der Waals surface area contributed by atoms with Gasteiger partial charge in [0, 0.05) is 53.9 Å². The first kappa shape index (κ1) is 41.1. The third-order valence-electron chi connectivity index (χ3n) is 10.6. The van der Waals surface area contributed by atoms with Crippen molar-refractivity contribution < 1.29 is 32.1 Å². The number of methoxy groups -OCH3 is 2. The van der Waals surface area contributed by atoms with Gasteiger partial charge in [0.25, 0.3) is 0 Å². The van der Waals surface area contributed by atoms with Crippen molar-refractivity contribution in [1.82, 2.24) is 19.9 Å². The highest BCUT2D eigenvalue weighted by molar-refractivity contribution is 8.00. The van der Waals surface area contributed by atoms with Crippen molar-refractivity contribution >= 4 is 51.7 Å². The third kappa shape index (κ3) is 8.50. The van der Waals surface area contributed by atoms with Crippen LogP contribution in [0.5, 0.6) is 23.3 Å². The largest absolute Gasteiger partial charge is 0.497 e. The molecular weight excluding hydrogens is 815 g/mol. The summed E-state index contributed by atoms with van der Waals surface area (Å²) >= 11 is 9.06. The van der Waals surface area contributed by atoms with E-state index in [0.29, 0.717) is 67.1 Å². The maximum atomic E-state index is 15.3. The normalized spacial score (nSPS) is 14.6.